The summed E-state index contributed by atoms with van der Waals surface area (Å²) in [7, 11) is 0. The molecule has 82 valence electrons. The van der Waals surface area contributed by atoms with E-state index in [0.29, 0.717) is 0 Å². The number of rotatable bonds is 7. The number of nitriles is 1. The quantitative estimate of drug-likeness (QED) is 0.722. The Balaban J connectivity index is 2.07. The molecule has 4 heteroatoms. The van der Waals surface area contributed by atoms with Gasteiger partial charge >= 0.3 is 0 Å². The Kier molecular flexibility index (Phi) is 6.02. The molecule has 0 fully saturated rings. The molecule has 15 heavy (non-hydrogen) atoms. The SMILES string of the molecule is CCOCCCNCc1ccc(C#N)s1. The maximum absolute atomic E-state index is 8.64. The third-order valence-corrected chi connectivity index (χ3v) is 2.91. The van der Waals surface area contributed by atoms with E-state index in [0.717, 1.165) is 37.6 Å². The molecule has 0 aliphatic carbocycles. The first-order valence-corrected chi connectivity index (χ1v) is 5.95. The third-order valence-electron chi connectivity index (χ3n) is 1.92. The van der Waals surface area contributed by atoms with Gasteiger partial charge in [0.1, 0.15) is 10.9 Å². The molecule has 0 radical (unpaired) electrons. The predicted octanol–water partition coefficient (Wildman–Crippen LogP) is 2.14. The molecule has 0 amide bonds. The van der Waals surface area contributed by atoms with Crippen molar-refractivity contribution in [2.45, 2.75) is 19.9 Å². The highest BCUT2D eigenvalue weighted by molar-refractivity contribution is 7.12. The van der Waals surface area contributed by atoms with Crippen molar-refractivity contribution in [1.29, 1.82) is 5.26 Å². The Labute approximate surface area is 94.7 Å². The van der Waals surface area contributed by atoms with Crippen molar-refractivity contribution < 1.29 is 4.74 Å². The first kappa shape index (κ1) is 12.2. The summed E-state index contributed by atoms with van der Waals surface area (Å²) in [5, 5.41) is 12.0. The molecule has 1 heterocycles. The normalized spacial score (nSPS) is 10.1. The summed E-state index contributed by atoms with van der Waals surface area (Å²) in [6, 6.07) is 6.00. The topological polar surface area (TPSA) is 45.0 Å². The van der Waals surface area contributed by atoms with Gasteiger partial charge in [-0.15, -0.1) is 11.3 Å². The van der Waals surface area contributed by atoms with Gasteiger partial charge in [-0.2, -0.15) is 5.26 Å². The molecule has 0 atom stereocenters. The lowest BCUT2D eigenvalue weighted by Gasteiger charge is -2.02. The van der Waals surface area contributed by atoms with Crippen LogP contribution in [0.25, 0.3) is 0 Å². The second-order valence-corrected chi connectivity index (χ2v) is 4.27. The van der Waals surface area contributed by atoms with Gasteiger partial charge in [0, 0.05) is 24.6 Å². The number of nitrogens with one attached hydrogen (secondary N) is 1. The second-order valence-electron chi connectivity index (χ2n) is 3.11. The molecular weight excluding hydrogens is 208 g/mol. The Morgan fingerprint density at radius 3 is 3.07 bits per heavy atom. The summed E-state index contributed by atoms with van der Waals surface area (Å²) < 4.78 is 5.23. The van der Waals surface area contributed by atoms with Crippen molar-refractivity contribution in [1.82, 2.24) is 5.32 Å². The zero-order valence-corrected chi connectivity index (χ0v) is 9.77. The Morgan fingerprint density at radius 2 is 2.40 bits per heavy atom. The fourth-order valence-electron chi connectivity index (χ4n) is 1.19. The minimum atomic E-state index is 0.779. The van der Waals surface area contributed by atoms with Crippen molar-refractivity contribution in [2.24, 2.45) is 0 Å². The molecule has 0 bridgehead atoms. The fourth-order valence-corrected chi connectivity index (χ4v) is 1.96. The summed E-state index contributed by atoms with van der Waals surface area (Å²) >= 11 is 1.55. The molecule has 1 rings (SSSR count). The predicted molar refractivity (Wildman–Crippen MR) is 61.9 cm³/mol. The zero-order chi connectivity index (χ0) is 10.9. The summed E-state index contributed by atoms with van der Waals surface area (Å²) in [5.74, 6) is 0. The van der Waals surface area contributed by atoms with Gasteiger partial charge in [-0.3, -0.25) is 0 Å². The smallest absolute Gasteiger partial charge is 0.110 e. The molecule has 0 saturated carbocycles. The number of nitrogens with zero attached hydrogens (tertiary/aromatic N) is 1. The van der Waals surface area contributed by atoms with Gasteiger partial charge in [0.2, 0.25) is 0 Å². The molecule has 1 N–H and O–H groups in total. The van der Waals surface area contributed by atoms with Crippen molar-refractivity contribution in [2.75, 3.05) is 19.8 Å². The van der Waals surface area contributed by atoms with Crippen LogP contribution in [0.2, 0.25) is 0 Å². The molecule has 0 aromatic carbocycles. The molecule has 0 spiro atoms. The number of hydrogen-bond acceptors (Lipinski definition) is 4. The molecular formula is C11H16N2OS. The lowest BCUT2D eigenvalue weighted by molar-refractivity contribution is 0.144. The van der Waals surface area contributed by atoms with Crippen LogP contribution >= 0.6 is 11.3 Å². The van der Waals surface area contributed by atoms with Crippen molar-refractivity contribution >= 4 is 11.3 Å². The van der Waals surface area contributed by atoms with Crippen LogP contribution in [0.3, 0.4) is 0 Å². The molecule has 1 aromatic rings. The fraction of sp³-hybridized carbons (Fsp3) is 0.545. The number of thiophene rings is 1. The summed E-state index contributed by atoms with van der Waals surface area (Å²) in [6.07, 6.45) is 1.03. The first-order valence-electron chi connectivity index (χ1n) is 5.14. The highest BCUT2D eigenvalue weighted by Crippen LogP contribution is 2.14. The highest BCUT2D eigenvalue weighted by Gasteiger charge is 1.97. The first-order chi connectivity index (χ1) is 7.36. The van der Waals surface area contributed by atoms with Gasteiger partial charge in [-0.05, 0) is 32.0 Å². The number of hydrogen-bond donors (Lipinski definition) is 1. The van der Waals surface area contributed by atoms with E-state index in [4.69, 9.17) is 10.00 Å². The van der Waals surface area contributed by atoms with Crippen LogP contribution in [0.1, 0.15) is 23.1 Å². The average Bonchev–Trinajstić information content (AvgIpc) is 2.71. The molecule has 0 unspecified atom stereocenters. The maximum Gasteiger partial charge on any atom is 0.110 e. The van der Waals surface area contributed by atoms with Gasteiger partial charge in [0.15, 0.2) is 0 Å². The maximum atomic E-state index is 8.64. The van der Waals surface area contributed by atoms with E-state index >= 15 is 0 Å². The van der Waals surface area contributed by atoms with Gasteiger partial charge in [0.05, 0.1) is 0 Å². The molecule has 1 aromatic heterocycles. The van der Waals surface area contributed by atoms with E-state index in [9.17, 15) is 0 Å². The van der Waals surface area contributed by atoms with Crippen LogP contribution in [0.15, 0.2) is 12.1 Å². The van der Waals surface area contributed by atoms with E-state index in [1.54, 1.807) is 11.3 Å². The van der Waals surface area contributed by atoms with E-state index in [1.165, 1.54) is 4.88 Å². The lowest BCUT2D eigenvalue weighted by Crippen LogP contribution is -2.15. The van der Waals surface area contributed by atoms with Gasteiger partial charge in [-0.25, -0.2) is 0 Å². The van der Waals surface area contributed by atoms with E-state index in [-0.39, 0.29) is 0 Å². The van der Waals surface area contributed by atoms with Gasteiger partial charge in [-0.1, -0.05) is 0 Å². The lowest BCUT2D eigenvalue weighted by atomic mass is 10.4. The summed E-state index contributed by atoms with van der Waals surface area (Å²) in [4.78, 5) is 1.99. The summed E-state index contributed by atoms with van der Waals surface area (Å²) in [5.41, 5.74) is 0. The average molecular weight is 224 g/mol. The largest absolute Gasteiger partial charge is 0.382 e. The van der Waals surface area contributed by atoms with Gasteiger partial charge in [0.25, 0.3) is 0 Å². The Hall–Kier alpha value is -0.890. The standard InChI is InChI=1S/C11H16N2OS/c1-2-14-7-3-6-13-9-11-5-4-10(8-12)15-11/h4-5,13H,2-3,6-7,9H2,1H3. The van der Waals surface area contributed by atoms with Crippen LogP contribution in [-0.2, 0) is 11.3 Å². The second kappa shape index (κ2) is 7.41. The van der Waals surface area contributed by atoms with Crippen LogP contribution in [-0.4, -0.2) is 19.8 Å². The summed E-state index contributed by atoms with van der Waals surface area (Å²) in [6.45, 7) is 5.41. The highest BCUT2D eigenvalue weighted by atomic mass is 32.1. The third kappa shape index (κ3) is 4.93. The molecule has 0 aliphatic heterocycles. The zero-order valence-electron chi connectivity index (χ0n) is 8.95. The molecule has 3 nitrogen and oxygen atoms in total. The van der Waals surface area contributed by atoms with Gasteiger partial charge < -0.3 is 10.1 Å². The minimum Gasteiger partial charge on any atom is -0.382 e. The minimum absolute atomic E-state index is 0.779. The van der Waals surface area contributed by atoms with Crippen LogP contribution in [0, 0.1) is 11.3 Å². The van der Waals surface area contributed by atoms with E-state index in [2.05, 4.69) is 11.4 Å². The molecule has 0 aliphatic rings. The van der Waals surface area contributed by atoms with Crippen LogP contribution < -0.4 is 5.32 Å². The van der Waals surface area contributed by atoms with E-state index in [1.807, 2.05) is 19.1 Å². The van der Waals surface area contributed by atoms with Crippen molar-refractivity contribution in [3.05, 3.63) is 21.9 Å². The van der Waals surface area contributed by atoms with Crippen molar-refractivity contribution in [3.8, 4) is 6.07 Å². The Bertz CT molecular complexity index is 317. The molecule has 0 saturated heterocycles. The monoisotopic (exact) mass is 224 g/mol. The number of ether oxygens (including phenoxy) is 1. The van der Waals surface area contributed by atoms with Crippen LogP contribution in [0.4, 0.5) is 0 Å². The Morgan fingerprint density at radius 1 is 1.53 bits per heavy atom. The van der Waals surface area contributed by atoms with Crippen molar-refractivity contribution in [3.63, 3.8) is 0 Å². The van der Waals surface area contributed by atoms with Crippen LogP contribution in [0.5, 0.6) is 0 Å². The van der Waals surface area contributed by atoms with E-state index < -0.39 is 0 Å².